The Balaban J connectivity index is 1.93. The van der Waals surface area contributed by atoms with Crippen LogP contribution in [0.5, 0.6) is 0 Å². The maximum absolute atomic E-state index is 12.8. The first-order valence-electron chi connectivity index (χ1n) is 8.98. The molecule has 7 heteroatoms. The zero-order chi connectivity index (χ0) is 19.9. The van der Waals surface area contributed by atoms with Gasteiger partial charge in [0.2, 0.25) is 0 Å². The Bertz CT molecular complexity index is 989. The molecule has 0 atom stereocenters. The fraction of sp³-hybridized carbons (Fsp3) is 0.190. The van der Waals surface area contributed by atoms with E-state index in [1.54, 1.807) is 24.5 Å². The van der Waals surface area contributed by atoms with Crippen LogP contribution in [0.1, 0.15) is 39.0 Å². The van der Waals surface area contributed by atoms with Crippen molar-refractivity contribution < 1.29 is 9.59 Å². The summed E-state index contributed by atoms with van der Waals surface area (Å²) in [7, 11) is 0. The van der Waals surface area contributed by atoms with Gasteiger partial charge in [-0.15, -0.1) is 0 Å². The van der Waals surface area contributed by atoms with Crippen LogP contribution in [0.3, 0.4) is 0 Å². The van der Waals surface area contributed by atoms with Gasteiger partial charge in [0.15, 0.2) is 5.78 Å². The van der Waals surface area contributed by atoms with Crippen molar-refractivity contribution in [1.29, 1.82) is 0 Å². The predicted octanol–water partition coefficient (Wildman–Crippen LogP) is 2.17. The zero-order valence-corrected chi connectivity index (χ0v) is 15.6. The zero-order valence-electron chi connectivity index (χ0n) is 15.6. The third-order valence-corrected chi connectivity index (χ3v) is 4.32. The van der Waals surface area contributed by atoms with Crippen molar-refractivity contribution in [2.24, 2.45) is 5.73 Å². The van der Waals surface area contributed by atoms with Crippen LogP contribution >= 0.6 is 0 Å². The van der Waals surface area contributed by atoms with Crippen molar-refractivity contribution in [3.63, 3.8) is 0 Å². The third kappa shape index (κ3) is 4.44. The Kier molecular flexibility index (Phi) is 6.18. The first kappa shape index (κ1) is 19.3. The van der Waals surface area contributed by atoms with Crippen molar-refractivity contribution in [2.45, 2.75) is 19.9 Å². The number of Topliss-reactive ketones (excluding diaryl/α,β-unsaturated/α-hetero) is 1. The number of hydrogen-bond donors (Lipinski definition) is 2. The Morgan fingerprint density at radius 2 is 1.96 bits per heavy atom. The van der Waals surface area contributed by atoms with Crippen molar-refractivity contribution in [1.82, 2.24) is 20.3 Å². The number of nitrogens with one attached hydrogen (secondary N) is 1. The predicted molar refractivity (Wildman–Crippen MR) is 106 cm³/mol. The molecule has 0 fully saturated rings. The van der Waals surface area contributed by atoms with Gasteiger partial charge >= 0.3 is 0 Å². The molecule has 0 radical (unpaired) electrons. The molecule has 0 saturated carbocycles. The fourth-order valence-electron chi connectivity index (χ4n) is 2.77. The molecule has 0 bridgehead atoms. The molecule has 3 N–H and O–H groups in total. The quantitative estimate of drug-likeness (QED) is 0.612. The molecule has 0 aliphatic rings. The smallest absolute Gasteiger partial charge is 0.253 e. The molecule has 0 unspecified atom stereocenters. The minimum absolute atomic E-state index is 0.0677. The lowest BCUT2D eigenvalue weighted by Gasteiger charge is -2.11. The molecule has 2 aromatic heterocycles. The van der Waals surface area contributed by atoms with E-state index in [-0.39, 0.29) is 30.1 Å². The highest BCUT2D eigenvalue weighted by Crippen LogP contribution is 2.23. The highest BCUT2D eigenvalue weighted by Gasteiger charge is 2.19. The number of nitrogens with zero attached hydrogens (tertiary/aromatic N) is 3. The van der Waals surface area contributed by atoms with E-state index in [2.05, 4.69) is 27.2 Å². The number of pyridine rings is 1. The van der Waals surface area contributed by atoms with E-state index < -0.39 is 5.91 Å². The van der Waals surface area contributed by atoms with Crippen LogP contribution in [0.2, 0.25) is 0 Å². The van der Waals surface area contributed by atoms with Gasteiger partial charge in [-0.1, -0.05) is 31.2 Å². The summed E-state index contributed by atoms with van der Waals surface area (Å²) in [5.74, 6) is -0.794. The van der Waals surface area contributed by atoms with Gasteiger partial charge in [0.1, 0.15) is 12.0 Å². The number of hydrogen-bond acceptors (Lipinski definition) is 6. The van der Waals surface area contributed by atoms with Crippen LogP contribution in [-0.2, 0) is 13.0 Å². The summed E-state index contributed by atoms with van der Waals surface area (Å²) >= 11 is 0. The normalized spacial score (nSPS) is 10.5. The second kappa shape index (κ2) is 8.96. The fourth-order valence-corrected chi connectivity index (χ4v) is 2.77. The van der Waals surface area contributed by atoms with Crippen LogP contribution in [0.25, 0.3) is 11.1 Å². The highest BCUT2D eigenvalue weighted by atomic mass is 16.2. The van der Waals surface area contributed by atoms with E-state index in [0.29, 0.717) is 5.69 Å². The van der Waals surface area contributed by atoms with Gasteiger partial charge in [0.25, 0.3) is 5.91 Å². The Morgan fingerprint density at radius 1 is 1.11 bits per heavy atom. The van der Waals surface area contributed by atoms with Gasteiger partial charge in [-0.2, -0.15) is 0 Å². The third-order valence-electron chi connectivity index (χ3n) is 4.32. The van der Waals surface area contributed by atoms with Crippen molar-refractivity contribution in [3.05, 3.63) is 77.6 Å². The summed E-state index contributed by atoms with van der Waals surface area (Å²) in [4.78, 5) is 37.1. The minimum Gasteiger partial charge on any atom is -0.346 e. The average Bonchev–Trinajstić information content (AvgIpc) is 2.77. The largest absolute Gasteiger partial charge is 0.346 e. The Hall–Kier alpha value is -3.45. The molecule has 3 rings (SSSR count). The molecule has 0 aliphatic carbocycles. The molecule has 1 amide bonds. The molecule has 7 nitrogen and oxygen atoms in total. The maximum atomic E-state index is 12.8. The van der Waals surface area contributed by atoms with E-state index >= 15 is 0 Å². The average molecular weight is 375 g/mol. The van der Waals surface area contributed by atoms with Crippen LogP contribution in [-0.4, -0.2) is 33.2 Å². The number of aryl methyl sites for hydroxylation is 1. The van der Waals surface area contributed by atoms with Crippen LogP contribution < -0.4 is 11.1 Å². The maximum Gasteiger partial charge on any atom is 0.253 e. The van der Waals surface area contributed by atoms with Crippen molar-refractivity contribution in [3.8, 4) is 11.1 Å². The first-order valence-corrected chi connectivity index (χ1v) is 8.98. The van der Waals surface area contributed by atoms with E-state index in [4.69, 9.17) is 5.73 Å². The Labute approximate surface area is 163 Å². The van der Waals surface area contributed by atoms with E-state index in [1.807, 2.05) is 24.3 Å². The lowest BCUT2D eigenvalue weighted by atomic mass is 10.00. The van der Waals surface area contributed by atoms with Gasteiger partial charge in [-0.25, -0.2) is 9.97 Å². The summed E-state index contributed by atoms with van der Waals surface area (Å²) in [6, 6.07) is 11.4. The molecule has 1 aromatic carbocycles. The monoisotopic (exact) mass is 375 g/mol. The molecular weight excluding hydrogens is 354 g/mol. The SMILES string of the molecule is CCc1cccc(-c2cnc(C(=O)CN)c(C(=O)NCc3ccncn3)c2)c1. The van der Waals surface area contributed by atoms with E-state index in [9.17, 15) is 9.59 Å². The number of aromatic nitrogens is 3. The summed E-state index contributed by atoms with van der Waals surface area (Å²) in [6.07, 6.45) is 5.50. The lowest BCUT2D eigenvalue weighted by molar-refractivity contribution is 0.0932. The number of ketones is 1. The second-order valence-electron chi connectivity index (χ2n) is 6.18. The lowest BCUT2D eigenvalue weighted by Crippen LogP contribution is -2.27. The molecule has 0 aliphatic heterocycles. The second-order valence-corrected chi connectivity index (χ2v) is 6.18. The molecule has 142 valence electrons. The first-order chi connectivity index (χ1) is 13.6. The van der Waals surface area contributed by atoms with Crippen molar-refractivity contribution >= 4 is 11.7 Å². The molecule has 0 saturated heterocycles. The number of amides is 1. The molecule has 28 heavy (non-hydrogen) atoms. The van der Waals surface area contributed by atoms with Gasteiger partial charge in [-0.3, -0.25) is 14.6 Å². The number of nitrogens with two attached hydrogens (primary N) is 1. The molecular formula is C21H21N5O2. The highest BCUT2D eigenvalue weighted by molar-refractivity contribution is 6.08. The summed E-state index contributed by atoms with van der Waals surface area (Å²) in [6.45, 7) is 2.07. The van der Waals surface area contributed by atoms with Crippen LogP contribution in [0.15, 0.2) is 55.1 Å². The molecule has 3 aromatic rings. The summed E-state index contributed by atoms with van der Waals surface area (Å²) in [5, 5.41) is 2.77. The van der Waals surface area contributed by atoms with Gasteiger partial charge in [0, 0.05) is 18.0 Å². The van der Waals surface area contributed by atoms with E-state index in [1.165, 1.54) is 11.9 Å². The summed E-state index contributed by atoms with van der Waals surface area (Å²) in [5.41, 5.74) is 9.28. The minimum atomic E-state index is -0.406. The Morgan fingerprint density at radius 3 is 2.68 bits per heavy atom. The standard InChI is InChI=1S/C21H21N5O2/c1-2-14-4-3-5-15(8-14)16-9-18(20(24-11-16)19(27)10-22)21(28)25-12-17-6-7-23-13-26-17/h3-9,11,13H,2,10,12,22H2,1H3,(H,25,28). The summed E-state index contributed by atoms with van der Waals surface area (Å²) < 4.78 is 0. The number of carbonyl (C=O) groups excluding carboxylic acids is 2. The molecule has 2 heterocycles. The topological polar surface area (TPSA) is 111 Å². The number of benzene rings is 1. The number of rotatable bonds is 7. The van der Waals surface area contributed by atoms with E-state index in [0.717, 1.165) is 17.5 Å². The molecule has 0 spiro atoms. The van der Waals surface area contributed by atoms with Gasteiger partial charge < -0.3 is 11.1 Å². The van der Waals surface area contributed by atoms with Gasteiger partial charge in [0.05, 0.1) is 24.3 Å². The van der Waals surface area contributed by atoms with Crippen LogP contribution in [0, 0.1) is 0 Å². The van der Waals surface area contributed by atoms with Crippen LogP contribution in [0.4, 0.5) is 0 Å². The number of carbonyl (C=O) groups is 2. The van der Waals surface area contributed by atoms with Gasteiger partial charge in [-0.05, 0) is 29.7 Å². The van der Waals surface area contributed by atoms with Crippen molar-refractivity contribution in [2.75, 3.05) is 6.54 Å².